The van der Waals surface area contributed by atoms with Crippen LogP contribution in [-0.4, -0.2) is 40.2 Å². The van der Waals surface area contributed by atoms with E-state index in [9.17, 15) is 9.18 Å². The SMILES string of the molecule is COc1ccccc1CCNC(=O)CSc1nnc(Cc2ccc(F)cc2)n1N. The number of hydrogen-bond acceptors (Lipinski definition) is 6. The molecule has 0 bridgehead atoms. The lowest BCUT2D eigenvalue weighted by Gasteiger charge is -2.09. The molecule has 0 aliphatic carbocycles. The van der Waals surface area contributed by atoms with E-state index in [2.05, 4.69) is 15.5 Å². The summed E-state index contributed by atoms with van der Waals surface area (Å²) in [6, 6.07) is 13.8. The summed E-state index contributed by atoms with van der Waals surface area (Å²) in [4.78, 5) is 12.1. The van der Waals surface area contributed by atoms with E-state index in [-0.39, 0.29) is 17.5 Å². The zero-order valence-electron chi connectivity index (χ0n) is 16.0. The van der Waals surface area contributed by atoms with Crippen LogP contribution in [0.3, 0.4) is 0 Å². The van der Waals surface area contributed by atoms with Gasteiger partial charge in [-0.1, -0.05) is 42.1 Å². The second-order valence-corrected chi connectivity index (χ2v) is 7.22. The Balaban J connectivity index is 1.46. The Morgan fingerprint density at radius 2 is 1.97 bits per heavy atom. The van der Waals surface area contributed by atoms with Gasteiger partial charge in [0.2, 0.25) is 11.1 Å². The van der Waals surface area contributed by atoms with Gasteiger partial charge in [0.05, 0.1) is 12.9 Å². The molecule has 3 N–H and O–H groups in total. The van der Waals surface area contributed by atoms with Gasteiger partial charge in [-0.05, 0) is 35.7 Å². The number of para-hydroxylation sites is 1. The summed E-state index contributed by atoms with van der Waals surface area (Å²) < 4.78 is 19.7. The van der Waals surface area contributed by atoms with E-state index in [0.29, 0.717) is 30.4 Å². The molecule has 9 heteroatoms. The second kappa shape index (κ2) is 9.92. The van der Waals surface area contributed by atoms with Crippen LogP contribution in [0.4, 0.5) is 4.39 Å². The molecule has 0 fully saturated rings. The van der Waals surface area contributed by atoms with Crippen molar-refractivity contribution in [3.63, 3.8) is 0 Å². The van der Waals surface area contributed by atoms with Gasteiger partial charge in [-0.25, -0.2) is 9.07 Å². The number of nitrogen functional groups attached to an aromatic ring is 1. The van der Waals surface area contributed by atoms with Gasteiger partial charge in [0, 0.05) is 13.0 Å². The molecule has 0 aliphatic heterocycles. The van der Waals surface area contributed by atoms with Crippen LogP contribution in [0.25, 0.3) is 0 Å². The molecule has 1 aromatic heterocycles. The molecule has 1 amide bonds. The molecule has 0 saturated carbocycles. The number of carbonyl (C=O) groups excluding carboxylic acids is 1. The third-order valence-corrected chi connectivity index (χ3v) is 5.20. The third-order valence-electron chi connectivity index (χ3n) is 4.25. The first-order valence-corrected chi connectivity index (χ1v) is 10.0. The molecular formula is C20H22FN5O2S. The van der Waals surface area contributed by atoms with Crippen LogP contribution in [0.1, 0.15) is 17.0 Å². The highest BCUT2D eigenvalue weighted by Crippen LogP contribution is 2.18. The molecule has 2 aromatic carbocycles. The zero-order chi connectivity index (χ0) is 20.6. The minimum Gasteiger partial charge on any atom is -0.496 e. The van der Waals surface area contributed by atoms with E-state index in [1.54, 1.807) is 19.2 Å². The van der Waals surface area contributed by atoms with Crippen molar-refractivity contribution >= 4 is 17.7 Å². The summed E-state index contributed by atoms with van der Waals surface area (Å²) in [6.45, 7) is 0.505. The lowest BCUT2D eigenvalue weighted by molar-refractivity contribution is -0.118. The van der Waals surface area contributed by atoms with Gasteiger partial charge in [-0.15, -0.1) is 10.2 Å². The Hall–Kier alpha value is -3.07. The number of carbonyl (C=O) groups is 1. The molecule has 0 unspecified atom stereocenters. The largest absolute Gasteiger partial charge is 0.496 e. The number of ether oxygens (including phenoxy) is 1. The smallest absolute Gasteiger partial charge is 0.230 e. The summed E-state index contributed by atoms with van der Waals surface area (Å²) in [5.41, 5.74) is 1.91. The summed E-state index contributed by atoms with van der Waals surface area (Å²) in [5.74, 6) is 7.14. The predicted octanol–water partition coefficient (Wildman–Crippen LogP) is 2.18. The molecule has 29 heavy (non-hydrogen) atoms. The van der Waals surface area contributed by atoms with Crippen molar-refractivity contribution in [2.24, 2.45) is 0 Å². The number of nitrogens with zero attached hydrogens (tertiary/aromatic N) is 3. The molecule has 0 spiro atoms. The third kappa shape index (κ3) is 5.71. The Labute approximate surface area is 172 Å². The van der Waals surface area contributed by atoms with E-state index >= 15 is 0 Å². The highest BCUT2D eigenvalue weighted by atomic mass is 32.2. The number of hydrogen-bond donors (Lipinski definition) is 2. The Bertz CT molecular complexity index is 962. The normalized spacial score (nSPS) is 10.7. The fraction of sp³-hybridized carbons (Fsp3) is 0.250. The van der Waals surface area contributed by atoms with E-state index in [0.717, 1.165) is 16.9 Å². The molecular weight excluding hydrogens is 393 g/mol. The average Bonchev–Trinajstić information content (AvgIpc) is 3.08. The van der Waals surface area contributed by atoms with E-state index in [1.807, 2.05) is 24.3 Å². The number of nitrogens with two attached hydrogens (primary N) is 1. The number of rotatable bonds is 9. The minimum absolute atomic E-state index is 0.118. The molecule has 7 nitrogen and oxygen atoms in total. The Morgan fingerprint density at radius 3 is 2.72 bits per heavy atom. The van der Waals surface area contributed by atoms with Crippen molar-refractivity contribution in [1.29, 1.82) is 0 Å². The van der Waals surface area contributed by atoms with Crippen molar-refractivity contribution in [1.82, 2.24) is 20.2 Å². The van der Waals surface area contributed by atoms with Crippen molar-refractivity contribution in [2.45, 2.75) is 18.0 Å². The average molecular weight is 415 g/mol. The maximum Gasteiger partial charge on any atom is 0.230 e. The zero-order valence-corrected chi connectivity index (χ0v) is 16.8. The van der Waals surface area contributed by atoms with Crippen LogP contribution in [0, 0.1) is 5.82 Å². The van der Waals surface area contributed by atoms with E-state index < -0.39 is 0 Å². The van der Waals surface area contributed by atoms with Gasteiger partial charge in [-0.3, -0.25) is 4.79 Å². The predicted molar refractivity (Wildman–Crippen MR) is 110 cm³/mol. The monoisotopic (exact) mass is 415 g/mol. The van der Waals surface area contributed by atoms with Gasteiger partial charge in [0.25, 0.3) is 0 Å². The fourth-order valence-electron chi connectivity index (χ4n) is 2.74. The first-order valence-electron chi connectivity index (χ1n) is 9.02. The lowest BCUT2D eigenvalue weighted by atomic mass is 10.1. The molecule has 0 atom stereocenters. The van der Waals surface area contributed by atoms with Crippen LogP contribution in [0.15, 0.2) is 53.7 Å². The van der Waals surface area contributed by atoms with Gasteiger partial charge < -0.3 is 15.9 Å². The first-order chi connectivity index (χ1) is 14.1. The van der Waals surface area contributed by atoms with Crippen molar-refractivity contribution in [3.05, 3.63) is 71.3 Å². The summed E-state index contributed by atoms with van der Waals surface area (Å²) in [5, 5.41) is 11.4. The van der Waals surface area contributed by atoms with Crippen LogP contribution < -0.4 is 15.9 Å². The molecule has 1 heterocycles. The van der Waals surface area contributed by atoms with Gasteiger partial charge >= 0.3 is 0 Å². The van der Waals surface area contributed by atoms with Crippen molar-refractivity contribution in [2.75, 3.05) is 25.3 Å². The van der Waals surface area contributed by atoms with E-state index in [1.165, 1.54) is 28.6 Å². The van der Waals surface area contributed by atoms with Crippen LogP contribution >= 0.6 is 11.8 Å². The number of amides is 1. The first kappa shape index (κ1) is 20.7. The number of benzene rings is 2. The molecule has 0 aliphatic rings. The number of aromatic nitrogens is 3. The van der Waals surface area contributed by atoms with Gasteiger partial charge in [0.1, 0.15) is 11.6 Å². The quantitative estimate of drug-likeness (QED) is 0.411. The fourth-order valence-corrected chi connectivity index (χ4v) is 3.44. The van der Waals surface area contributed by atoms with Crippen LogP contribution in [0.2, 0.25) is 0 Å². The van der Waals surface area contributed by atoms with E-state index in [4.69, 9.17) is 10.6 Å². The molecule has 0 radical (unpaired) electrons. The standard InChI is InChI=1S/C20H22FN5O2S/c1-28-17-5-3-2-4-15(17)10-11-23-19(27)13-29-20-25-24-18(26(20)22)12-14-6-8-16(21)9-7-14/h2-9H,10-13,22H2,1H3,(H,23,27). The lowest BCUT2D eigenvalue weighted by Crippen LogP contribution is -2.27. The maximum absolute atomic E-state index is 13.0. The Kier molecular flexibility index (Phi) is 7.07. The van der Waals surface area contributed by atoms with Crippen molar-refractivity contribution < 1.29 is 13.9 Å². The minimum atomic E-state index is -0.295. The molecule has 3 rings (SSSR count). The Morgan fingerprint density at radius 1 is 1.21 bits per heavy atom. The summed E-state index contributed by atoms with van der Waals surface area (Å²) in [7, 11) is 1.63. The molecule has 0 saturated heterocycles. The second-order valence-electron chi connectivity index (χ2n) is 6.27. The van der Waals surface area contributed by atoms with Crippen LogP contribution in [0.5, 0.6) is 5.75 Å². The molecule has 3 aromatic rings. The maximum atomic E-state index is 13.0. The van der Waals surface area contributed by atoms with Crippen molar-refractivity contribution in [3.8, 4) is 5.75 Å². The highest BCUT2D eigenvalue weighted by Gasteiger charge is 2.13. The number of thioether (sulfide) groups is 1. The topological polar surface area (TPSA) is 95.1 Å². The summed E-state index contributed by atoms with van der Waals surface area (Å²) >= 11 is 1.21. The summed E-state index contributed by atoms with van der Waals surface area (Å²) in [6.07, 6.45) is 1.10. The highest BCUT2D eigenvalue weighted by molar-refractivity contribution is 7.99. The van der Waals surface area contributed by atoms with Gasteiger partial charge in [-0.2, -0.15) is 0 Å². The number of nitrogens with one attached hydrogen (secondary N) is 1. The molecule has 152 valence electrons. The van der Waals surface area contributed by atoms with Crippen LogP contribution in [-0.2, 0) is 17.6 Å². The number of methoxy groups -OCH3 is 1. The van der Waals surface area contributed by atoms with Gasteiger partial charge in [0.15, 0.2) is 5.82 Å². The number of halogens is 1.